The lowest BCUT2D eigenvalue weighted by Gasteiger charge is -2.18. The van der Waals surface area contributed by atoms with Crippen LogP contribution < -0.4 is 10.2 Å². The Morgan fingerprint density at radius 2 is 1.66 bits per heavy atom. The molecule has 0 aliphatic carbocycles. The van der Waals surface area contributed by atoms with Crippen molar-refractivity contribution in [2.75, 3.05) is 10.2 Å². The predicted octanol–water partition coefficient (Wildman–Crippen LogP) is 6.34. The summed E-state index contributed by atoms with van der Waals surface area (Å²) in [5, 5.41) is 12.6. The number of halogens is 4. The Hall–Kier alpha value is -3.38. The Kier molecular flexibility index (Phi) is 7.41. The first kappa shape index (κ1) is 24.7. The second-order valence-corrected chi connectivity index (χ2v) is 9.48. The van der Waals surface area contributed by atoms with Crippen molar-refractivity contribution >= 4 is 58.2 Å². The first-order valence-corrected chi connectivity index (χ1v) is 11.8. The van der Waals surface area contributed by atoms with Crippen LogP contribution in [0.5, 0.6) is 0 Å². The SMILES string of the molecule is N#C/C(C(=O)Nc1ccc(F)cc1)=C1\SC(Cc2cc(Cl)ccc2Cl)C(=O)N1c1ccc(F)cc1. The summed E-state index contributed by atoms with van der Waals surface area (Å²) >= 11 is 13.4. The van der Waals surface area contributed by atoms with Crippen LogP contribution in [0.1, 0.15) is 5.56 Å². The summed E-state index contributed by atoms with van der Waals surface area (Å²) in [5.41, 5.74) is 0.867. The molecule has 10 heteroatoms. The molecule has 0 radical (unpaired) electrons. The van der Waals surface area contributed by atoms with Gasteiger partial charge in [0.2, 0.25) is 5.91 Å². The van der Waals surface area contributed by atoms with E-state index in [1.807, 2.05) is 6.07 Å². The first-order chi connectivity index (χ1) is 16.8. The molecule has 4 rings (SSSR count). The zero-order valence-electron chi connectivity index (χ0n) is 17.8. The number of hydrogen-bond donors (Lipinski definition) is 1. The number of thioether (sulfide) groups is 1. The molecule has 0 bridgehead atoms. The van der Waals surface area contributed by atoms with Crippen molar-refractivity contribution < 1.29 is 18.4 Å². The highest BCUT2D eigenvalue weighted by molar-refractivity contribution is 8.05. The lowest BCUT2D eigenvalue weighted by molar-refractivity contribution is -0.117. The fourth-order valence-corrected chi connectivity index (χ4v) is 5.12. The highest BCUT2D eigenvalue weighted by atomic mass is 35.5. The number of nitrogens with one attached hydrogen (secondary N) is 1. The molecule has 5 nitrogen and oxygen atoms in total. The smallest absolute Gasteiger partial charge is 0.269 e. The van der Waals surface area contributed by atoms with Gasteiger partial charge in [0.1, 0.15) is 28.3 Å². The molecular formula is C25H15Cl2F2N3O2S. The molecule has 1 atom stereocenters. The summed E-state index contributed by atoms with van der Waals surface area (Å²) in [7, 11) is 0. The summed E-state index contributed by atoms with van der Waals surface area (Å²) in [5.74, 6) is -2.17. The maximum Gasteiger partial charge on any atom is 0.269 e. The van der Waals surface area contributed by atoms with Gasteiger partial charge in [0, 0.05) is 21.4 Å². The average molecular weight is 530 g/mol. The van der Waals surface area contributed by atoms with Crippen LogP contribution in [0, 0.1) is 23.0 Å². The van der Waals surface area contributed by atoms with Gasteiger partial charge in [-0.2, -0.15) is 5.26 Å². The van der Waals surface area contributed by atoms with E-state index in [4.69, 9.17) is 23.2 Å². The second-order valence-electron chi connectivity index (χ2n) is 7.45. The van der Waals surface area contributed by atoms with Gasteiger partial charge in [-0.3, -0.25) is 14.5 Å². The van der Waals surface area contributed by atoms with Crippen LogP contribution in [-0.4, -0.2) is 17.1 Å². The summed E-state index contributed by atoms with van der Waals surface area (Å²) < 4.78 is 26.8. The molecule has 2 amide bonds. The average Bonchev–Trinajstić information content (AvgIpc) is 3.14. The lowest BCUT2D eigenvalue weighted by atomic mass is 10.1. The molecule has 0 saturated carbocycles. The van der Waals surface area contributed by atoms with E-state index in [-0.39, 0.29) is 22.7 Å². The maximum absolute atomic E-state index is 13.5. The molecule has 1 fully saturated rings. The van der Waals surface area contributed by atoms with Gasteiger partial charge >= 0.3 is 0 Å². The first-order valence-electron chi connectivity index (χ1n) is 10.2. The molecule has 0 aromatic heterocycles. The number of anilines is 2. The molecule has 1 aliphatic heterocycles. The number of carbonyl (C=O) groups is 2. The molecule has 3 aromatic rings. The summed E-state index contributed by atoms with van der Waals surface area (Å²) in [4.78, 5) is 27.7. The Morgan fingerprint density at radius 1 is 1.03 bits per heavy atom. The highest BCUT2D eigenvalue weighted by Gasteiger charge is 2.41. The van der Waals surface area contributed by atoms with Crippen molar-refractivity contribution in [1.29, 1.82) is 5.26 Å². The number of amides is 2. The summed E-state index contributed by atoms with van der Waals surface area (Å²) in [6.07, 6.45) is 0.183. The zero-order chi connectivity index (χ0) is 25.1. The Labute approximate surface area is 213 Å². The molecule has 1 N–H and O–H groups in total. The van der Waals surface area contributed by atoms with Gasteiger partial charge in [0.25, 0.3) is 5.91 Å². The quantitative estimate of drug-likeness (QED) is 0.309. The van der Waals surface area contributed by atoms with E-state index in [2.05, 4.69) is 5.32 Å². The fraction of sp³-hybridized carbons (Fsp3) is 0.0800. The third-order valence-electron chi connectivity index (χ3n) is 5.11. The molecule has 1 heterocycles. The maximum atomic E-state index is 13.5. The highest BCUT2D eigenvalue weighted by Crippen LogP contribution is 2.42. The Bertz CT molecular complexity index is 1370. The monoisotopic (exact) mass is 529 g/mol. The van der Waals surface area contributed by atoms with Crippen LogP contribution >= 0.6 is 35.0 Å². The third kappa shape index (κ3) is 5.49. The fourth-order valence-electron chi connectivity index (χ4n) is 3.44. The van der Waals surface area contributed by atoms with Crippen LogP contribution in [-0.2, 0) is 16.0 Å². The molecule has 3 aromatic carbocycles. The van der Waals surface area contributed by atoms with Crippen molar-refractivity contribution in [1.82, 2.24) is 0 Å². The van der Waals surface area contributed by atoms with Gasteiger partial charge in [-0.1, -0.05) is 35.0 Å². The van der Waals surface area contributed by atoms with Crippen molar-refractivity contribution in [2.45, 2.75) is 11.7 Å². The van der Waals surface area contributed by atoms with E-state index >= 15 is 0 Å². The topological polar surface area (TPSA) is 73.2 Å². The zero-order valence-corrected chi connectivity index (χ0v) is 20.1. The van der Waals surface area contributed by atoms with Crippen LogP contribution in [0.25, 0.3) is 0 Å². The number of rotatable bonds is 5. The molecular weight excluding hydrogens is 515 g/mol. The summed E-state index contributed by atoms with van der Waals surface area (Å²) in [6, 6.07) is 16.9. The lowest BCUT2D eigenvalue weighted by Crippen LogP contribution is -2.31. The van der Waals surface area contributed by atoms with E-state index in [1.54, 1.807) is 18.2 Å². The minimum absolute atomic E-state index is 0.0897. The molecule has 35 heavy (non-hydrogen) atoms. The van der Waals surface area contributed by atoms with Crippen molar-refractivity contribution in [3.8, 4) is 6.07 Å². The molecule has 176 valence electrons. The van der Waals surface area contributed by atoms with Crippen LogP contribution in [0.4, 0.5) is 20.2 Å². The number of carbonyl (C=O) groups excluding carboxylic acids is 2. The van der Waals surface area contributed by atoms with Gasteiger partial charge in [-0.15, -0.1) is 0 Å². The van der Waals surface area contributed by atoms with Gasteiger partial charge in [-0.05, 0) is 78.7 Å². The molecule has 0 spiro atoms. The Balaban J connectivity index is 1.73. The number of benzene rings is 3. The van der Waals surface area contributed by atoms with Crippen molar-refractivity contribution in [2.24, 2.45) is 0 Å². The number of hydrogen-bond acceptors (Lipinski definition) is 4. The Morgan fingerprint density at radius 3 is 2.29 bits per heavy atom. The van der Waals surface area contributed by atoms with E-state index in [0.29, 0.717) is 21.3 Å². The number of nitriles is 1. The van der Waals surface area contributed by atoms with Gasteiger partial charge < -0.3 is 5.32 Å². The van der Waals surface area contributed by atoms with Crippen molar-refractivity contribution in [3.63, 3.8) is 0 Å². The number of nitrogens with zero attached hydrogens (tertiary/aromatic N) is 2. The van der Waals surface area contributed by atoms with Gasteiger partial charge in [0.05, 0.1) is 5.25 Å². The van der Waals surface area contributed by atoms with E-state index in [1.165, 1.54) is 41.3 Å². The third-order valence-corrected chi connectivity index (χ3v) is 6.97. The largest absolute Gasteiger partial charge is 0.321 e. The predicted molar refractivity (Wildman–Crippen MR) is 133 cm³/mol. The van der Waals surface area contributed by atoms with Crippen LogP contribution in [0.2, 0.25) is 10.0 Å². The van der Waals surface area contributed by atoms with E-state index in [0.717, 1.165) is 23.9 Å². The van der Waals surface area contributed by atoms with Gasteiger partial charge in [-0.25, -0.2) is 8.78 Å². The molecule has 1 saturated heterocycles. The molecule has 1 unspecified atom stereocenters. The van der Waals surface area contributed by atoms with Gasteiger partial charge in [0.15, 0.2) is 0 Å². The van der Waals surface area contributed by atoms with E-state index in [9.17, 15) is 23.6 Å². The normalized spacial score (nSPS) is 16.7. The van der Waals surface area contributed by atoms with Crippen LogP contribution in [0.15, 0.2) is 77.3 Å². The van der Waals surface area contributed by atoms with Crippen molar-refractivity contribution in [3.05, 3.63) is 105 Å². The second kappa shape index (κ2) is 10.5. The molecule has 1 aliphatic rings. The van der Waals surface area contributed by atoms with Crippen LogP contribution in [0.3, 0.4) is 0 Å². The minimum atomic E-state index is -0.775. The minimum Gasteiger partial charge on any atom is -0.321 e. The standard InChI is InChI=1S/C25H15Cl2F2N3O2S/c26-15-1-10-21(27)14(11-15)12-22-24(34)32(19-8-4-17(29)5-9-19)25(35-22)20(13-30)23(33)31-18-6-2-16(28)3-7-18/h1-11,22H,12H2,(H,31,33)/b25-20+. The summed E-state index contributed by atoms with van der Waals surface area (Å²) in [6.45, 7) is 0. The van der Waals surface area contributed by atoms with E-state index < -0.39 is 28.7 Å².